The van der Waals surface area contributed by atoms with Gasteiger partial charge in [0.2, 0.25) is 0 Å². The van der Waals surface area contributed by atoms with Gasteiger partial charge in [-0.3, -0.25) is 14.5 Å². The zero-order valence-electron chi connectivity index (χ0n) is 14.2. The largest absolute Gasteiger partial charge is 0.416 e. The molecule has 0 radical (unpaired) electrons. The predicted octanol–water partition coefficient (Wildman–Crippen LogP) is 3.75. The lowest BCUT2D eigenvalue weighted by atomic mass is 9.95. The topological polar surface area (TPSA) is 46.6 Å². The van der Waals surface area contributed by atoms with E-state index in [2.05, 4.69) is 17.0 Å². The fourth-order valence-corrected chi connectivity index (χ4v) is 4.57. The van der Waals surface area contributed by atoms with Crippen LogP contribution in [0.2, 0.25) is 0 Å². The van der Waals surface area contributed by atoms with Crippen molar-refractivity contribution in [2.75, 3.05) is 6.54 Å². The number of rotatable bonds is 5. The van der Waals surface area contributed by atoms with Crippen molar-refractivity contribution >= 4 is 23.1 Å². The molecule has 4 rings (SSSR count). The second-order valence-electron chi connectivity index (χ2n) is 6.82. The quantitative estimate of drug-likeness (QED) is 0.767. The molecule has 0 spiro atoms. The van der Waals surface area contributed by atoms with Crippen LogP contribution in [0, 0.1) is 5.92 Å². The third-order valence-corrected chi connectivity index (χ3v) is 5.96. The summed E-state index contributed by atoms with van der Waals surface area (Å²) in [7, 11) is 0. The zero-order valence-corrected chi connectivity index (χ0v) is 15.1. The van der Waals surface area contributed by atoms with E-state index in [0.29, 0.717) is 10.8 Å². The molecule has 0 amide bonds. The van der Waals surface area contributed by atoms with E-state index in [1.54, 1.807) is 11.3 Å². The van der Waals surface area contributed by atoms with Crippen LogP contribution in [0.3, 0.4) is 0 Å². The monoisotopic (exact) mass is 355 g/mol. The van der Waals surface area contributed by atoms with Crippen LogP contribution in [-0.4, -0.2) is 23.2 Å². The van der Waals surface area contributed by atoms with Gasteiger partial charge in [0.15, 0.2) is 10.8 Å². The number of Topliss-reactive ketones (excluding diaryl/α,β-unsaturated/α-hetero) is 1. The molecule has 1 atom stereocenters. The maximum Gasteiger partial charge on any atom is 0.308 e. The van der Waals surface area contributed by atoms with Crippen molar-refractivity contribution in [2.45, 2.75) is 38.8 Å². The Morgan fingerprint density at radius 2 is 2.00 bits per heavy atom. The molecule has 2 heterocycles. The Hall–Kier alpha value is -1.98. The lowest BCUT2D eigenvalue weighted by molar-refractivity contribution is -0.131. The third-order valence-electron chi connectivity index (χ3n) is 4.85. The zero-order chi connectivity index (χ0) is 17.4. The molecule has 0 saturated heterocycles. The molecule has 1 aliphatic heterocycles. The lowest BCUT2D eigenvalue weighted by Gasteiger charge is -2.34. The van der Waals surface area contributed by atoms with E-state index >= 15 is 0 Å². The second kappa shape index (κ2) is 6.73. The highest BCUT2D eigenvalue weighted by Crippen LogP contribution is 2.40. The summed E-state index contributed by atoms with van der Waals surface area (Å²) in [6.45, 7) is 3.00. The number of ether oxygens (including phenoxy) is 1. The molecule has 1 aromatic heterocycles. The van der Waals surface area contributed by atoms with Gasteiger partial charge in [-0.1, -0.05) is 30.3 Å². The number of carbonyl (C=O) groups excluding carboxylic acids is 2. The first-order valence-corrected chi connectivity index (χ1v) is 9.56. The number of nitrogens with zero attached hydrogens (tertiary/aromatic N) is 1. The summed E-state index contributed by atoms with van der Waals surface area (Å²) in [6, 6.07) is 11.9. The number of esters is 1. The van der Waals surface area contributed by atoms with Crippen molar-refractivity contribution in [2.24, 2.45) is 5.92 Å². The van der Waals surface area contributed by atoms with Crippen molar-refractivity contribution in [3.05, 3.63) is 52.4 Å². The minimum absolute atomic E-state index is 0.168. The maximum atomic E-state index is 13.0. The molecule has 1 saturated carbocycles. The molecular weight excluding hydrogens is 334 g/mol. The van der Waals surface area contributed by atoms with E-state index in [9.17, 15) is 9.59 Å². The molecule has 2 aromatic rings. The van der Waals surface area contributed by atoms with E-state index in [-0.39, 0.29) is 17.9 Å². The summed E-state index contributed by atoms with van der Waals surface area (Å²) in [4.78, 5) is 27.7. The molecular formula is C20H21NO3S. The van der Waals surface area contributed by atoms with Gasteiger partial charge in [-0.2, -0.15) is 0 Å². The summed E-state index contributed by atoms with van der Waals surface area (Å²) in [5.74, 6) is 0.289. The smallest absolute Gasteiger partial charge is 0.308 e. The van der Waals surface area contributed by atoms with Crippen molar-refractivity contribution < 1.29 is 14.3 Å². The first-order chi connectivity index (χ1) is 12.1. The van der Waals surface area contributed by atoms with Crippen molar-refractivity contribution in [3.63, 3.8) is 0 Å². The molecule has 25 heavy (non-hydrogen) atoms. The SMILES string of the molecule is CC(=O)Oc1cc2c(s1)CCN([C@@H](C(=O)C1CC1)c1ccccc1)C2. The number of hydrogen-bond donors (Lipinski definition) is 0. The Labute approximate surface area is 151 Å². The fourth-order valence-electron chi connectivity index (χ4n) is 3.52. The molecule has 0 unspecified atom stereocenters. The van der Waals surface area contributed by atoms with E-state index in [4.69, 9.17) is 4.74 Å². The van der Waals surface area contributed by atoms with Crippen LogP contribution in [0.5, 0.6) is 5.06 Å². The van der Waals surface area contributed by atoms with Gasteiger partial charge in [0.1, 0.15) is 0 Å². The average molecular weight is 355 g/mol. The van der Waals surface area contributed by atoms with Gasteiger partial charge in [0, 0.05) is 30.8 Å². The lowest BCUT2D eigenvalue weighted by Crippen LogP contribution is -2.38. The van der Waals surface area contributed by atoms with Crippen LogP contribution in [-0.2, 0) is 22.6 Å². The molecule has 130 valence electrons. The average Bonchev–Trinajstić information content (AvgIpc) is 3.36. The Morgan fingerprint density at radius 1 is 1.24 bits per heavy atom. The molecule has 0 N–H and O–H groups in total. The number of ketones is 1. The summed E-state index contributed by atoms with van der Waals surface area (Å²) in [5, 5.41) is 0.657. The van der Waals surface area contributed by atoms with Crippen LogP contribution < -0.4 is 4.74 Å². The molecule has 0 bridgehead atoms. The highest BCUT2D eigenvalue weighted by molar-refractivity contribution is 7.14. The molecule has 1 aromatic carbocycles. The number of hydrogen-bond acceptors (Lipinski definition) is 5. The van der Waals surface area contributed by atoms with Crippen molar-refractivity contribution in [1.82, 2.24) is 4.90 Å². The van der Waals surface area contributed by atoms with Crippen LogP contribution in [0.4, 0.5) is 0 Å². The first-order valence-electron chi connectivity index (χ1n) is 8.74. The Kier molecular flexibility index (Phi) is 4.44. The molecule has 2 aliphatic rings. The summed E-state index contributed by atoms with van der Waals surface area (Å²) in [5.41, 5.74) is 2.26. The Bertz CT molecular complexity index is 795. The highest BCUT2D eigenvalue weighted by Gasteiger charge is 2.39. The standard InChI is InChI=1S/C20H21NO3S/c1-13(22)24-18-11-16-12-21(10-9-17(16)25-18)19(20(23)15-7-8-15)14-5-3-2-4-6-14/h2-6,11,15,19H,7-10,12H2,1H3/t19-/m1/s1. The van der Waals surface area contributed by atoms with Crippen molar-refractivity contribution in [3.8, 4) is 5.06 Å². The van der Waals surface area contributed by atoms with Crippen LogP contribution in [0.1, 0.15) is 41.8 Å². The summed E-state index contributed by atoms with van der Waals surface area (Å²) >= 11 is 1.55. The fraction of sp³-hybridized carbons (Fsp3) is 0.400. The number of benzene rings is 1. The van der Waals surface area contributed by atoms with Crippen LogP contribution in [0.25, 0.3) is 0 Å². The molecule has 1 fully saturated rings. The van der Waals surface area contributed by atoms with E-state index in [1.165, 1.54) is 17.4 Å². The van der Waals surface area contributed by atoms with Gasteiger partial charge in [0.25, 0.3) is 0 Å². The minimum atomic E-state index is -0.290. The van der Waals surface area contributed by atoms with Gasteiger partial charge < -0.3 is 4.74 Å². The first kappa shape index (κ1) is 16.5. The van der Waals surface area contributed by atoms with Crippen LogP contribution in [0.15, 0.2) is 36.4 Å². The molecule has 5 heteroatoms. The van der Waals surface area contributed by atoms with Gasteiger partial charge in [-0.25, -0.2) is 0 Å². The Balaban J connectivity index is 1.59. The normalized spacial score (nSPS) is 18.4. The minimum Gasteiger partial charge on any atom is -0.416 e. The van der Waals surface area contributed by atoms with Gasteiger partial charge in [-0.05, 0) is 36.5 Å². The molecule has 4 nitrogen and oxygen atoms in total. The van der Waals surface area contributed by atoms with Gasteiger partial charge in [0.05, 0.1) is 6.04 Å². The van der Waals surface area contributed by atoms with E-state index in [0.717, 1.165) is 37.9 Å². The van der Waals surface area contributed by atoms with Gasteiger partial charge >= 0.3 is 5.97 Å². The Morgan fingerprint density at radius 3 is 2.68 bits per heavy atom. The summed E-state index contributed by atoms with van der Waals surface area (Å²) < 4.78 is 5.24. The number of thiophene rings is 1. The molecule has 1 aliphatic carbocycles. The van der Waals surface area contributed by atoms with Gasteiger partial charge in [-0.15, -0.1) is 11.3 Å². The van der Waals surface area contributed by atoms with E-state index in [1.807, 2.05) is 24.3 Å². The number of carbonyl (C=O) groups is 2. The predicted molar refractivity (Wildman–Crippen MR) is 96.7 cm³/mol. The highest BCUT2D eigenvalue weighted by atomic mass is 32.1. The van der Waals surface area contributed by atoms with Crippen LogP contribution >= 0.6 is 11.3 Å². The maximum absolute atomic E-state index is 13.0. The summed E-state index contributed by atoms with van der Waals surface area (Å²) in [6.07, 6.45) is 2.94. The third kappa shape index (κ3) is 3.53. The van der Waals surface area contributed by atoms with E-state index < -0.39 is 0 Å². The number of fused-ring (bicyclic) bond motifs is 1. The van der Waals surface area contributed by atoms with Crippen molar-refractivity contribution in [1.29, 1.82) is 0 Å². The second-order valence-corrected chi connectivity index (χ2v) is 7.92.